The number of halogens is 2. The first-order valence-electron chi connectivity index (χ1n) is 13.4. The average molecular weight is 536 g/mol. The Morgan fingerprint density at radius 2 is 0.750 bits per heavy atom. The van der Waals surface area contributed by atoms with Crippen LogP contribution in [-0.2, 0) is 0 Å². The zero-order chi connectivity index (χ0) is 26.8. The van der Waals surface area contributed by atoms with Gasteiger partial charge < -0.3 is 4.90 Å². The molecule has 2 aliphatic rings. The van der Waals surface area contributed by atoms with Crippen LogP contribution in [0.15, 0.2) is 140 Å². The van der Waals surface area contributed by atoms with E-state index in [-0.39, 0.29) is 11.6 Å². The Bertz CT molecular complexity index is 1820. The summed E-state index contributed by atoms with van der Waals surface area (Å²) in [5, 5.41) is 5.58. The predicted octanol–water partition coefficient (Wildman–Crippen LogP) is 6.77. The highest BCUT2D eigenvalue weighted by Crippen LogP contribution is 2.40. The van der Waals surface area contributed by atoms with Crippen molar-refractivity contribution in [1.29, 1.82) is 0 Å². The maximum absolute atomic E-state index is 14.0. The highest BCUT2D eigenvalue weighted by molar-refractivity contribution is 7.24. The summed E-state index contributed by atoms with van der Waals surface area (Å²) in [5.74, 6) is -0.588. The quantitative estimate of drug-likeness (QED) is 0.226. The Balaban J connectivity index is 1.44. The number of anilines is 3. The lowest BCUT2D eigenvalue weighted by Gasteiger charge is -2.30. The Hall–Kier alpha value is -4.80. The summed E-state index contributed by atoms with van der Waals surface area (Å²) in [4.78, 5) is 2.08. The molecule has 40 heavy (non-hydrogen) atoms. The zero-order valence-electron chi connectivity index (χ0n) is 21.5. The molecule has 6 aromatic rings. The summed E-state index contributed by atoms with van der Waals surface area (Å²) >= 11 is 0. The van der Waals surface area contributed by atoms with Gasteiger partial charge in [-0.3, -0.25) is 0 Å². The second kappa shape index (κ2) is 8.60. The van der Waals surface area contributed by atoms with Crippen LogP contribution in [0.2, 0.25) is 0 Å². The number of benzene rings is 6. The highest BCUT2D eigenvalue weighted by Gasteiger charge is 2.53. The molecule has 0 fully saturated rings. The first kappa shape index (κ1) is 23.1. The van der Waals surface area contributed by atoms with Crippen LogP contribution in [0.25, 0.3) is 22.3 Å². The molecule has 0 unspecified atom stereocenters. The van der Waals surface area contributed by atoms with Crippen molar-refractivity contribution in [3.63, 3.8) is 0 Å². The van der Waals surface area contributed by atoms with Crippen LogP contribution in [0.4, 0.5) is 25.8 Å². The first-order valence-corrected chi connectivity index (χ1v) is 15.4. The maximum Gasteiger partial charge on any atom is 0.182 e. The van der Waals surface area contributed by atoms with Crippen molar-refractivity contribution in [2.75, 3.05) is 4.90 Å². The molecular weight excluding hydrogens is 512 g/mol. The molecule has 0 N–H and O–H groups in total. The van der Waals surface area contributed by atoms with Gasteiger partial charge in [-0.25, -0.2) is 8.78 Å². The number of nitrogens with zero attached hydrogens (tertiary/aromatic N) is 1. The molecule has 4 heteroatoms. The van der Waals surface area contributed by atoms with Gasteiger partial charge in [0, 0.05) is 17.1 Å². The summed E-state index contributed by atoms with van der Waals surface area (Å²) in [6.07, 6.45) is 0. The lowest BCUT2D eigenvalue weighted by molar-refractivity contribution is 0.628. The van der Waals surface area contributed by atoms with E-state index in [2.05, 4.69) is 95.9 Å². The van der Waals surface area contributed by atoms with Crippen LogP contribution < -0.4 is 25.6 Å². The van der Waals surface area contributed by atoms with Crippen LogP contribution >= 0.6 is 0 Å². The Morgan fingerprint density at radius 1 is 0.375 bits per heavy atom. The molecule has 0 aromatic heterocycles. The van der Waals surface area contributed by atoms with Crippen LogP contribution in [0, 0.1) is 11.6 Å². The molecule has 2 aliphatic heterocycles. The van der Waals surface area contributed by atoms with Crippen LogP contribution in [-0.4, -0.2) is 8.07 Å². The third kappa shape index (κ3) is 3.11. The molecule has 190 valence electrons. The second-order valence-corrected chi connectivity index (χ2v) is 14.1. The van der Waals surface area contributed by atoms with Gasteiger partial charge in [0.15, 0.2) is 8.07 Å². The van der Waals surface area contributed by atoms with Crippen molar-refractivity contribution in [2.24, 2.45) is 0 Å². The highest BCUT2D eigenvalue weighted by atomic mass is 28.3. The standard InChI is InChI=1S/C36H23F2NSi/c37-24-13-17-26(18-14-24)39(27-19-15-25(38)16-20-27)28-21-22-32-31-9-3-6-12-35(31)40(36(32)23-28)33-10-4-1-7-29(33)30-8-2-5-11-34(30)40/h1-23H. The van der Waals surface area contributed by atoms with Gasteiger partial charge in [-0.05, 0) is 104 Å². The third-order valence-corrected chi connectivity index (χ3v) is 13.4. The van der Waals surface area contributed by atoms with Gasteiger partial charge in [0.05, 0.1) is 0 Å². The average Bonchev–Trinajstić information content (AvgIpc) is 3.46. The molecule has 0 aliphatic carbocycles. The van der Waals surface area contributed by atoms with Gasteiger partial charge in [-0.2, -0.15) is 0 Å². The molecule has 0 bridgehead atoms. The zero-order valence-corrected chi connectivity index (χ0v) is 22.5. The largest absolute Gasteiger partial charge is 0.311 e. The molecule has 0 radical (unpaired) electrons. The summed E-state index contributed by atoms with van der Waals surface area (Å²) in [6, 6.07) is 46.2. The van der Waals surface area contributed by atoms with E-state index in [1.165, 1.54) is 67.3 Å². The van der Waals surface area contributed by atoms with Gasteiger partial charge in [-0.1, -0.05) is 78.9 Å². The molecule has 2 heterocycles. The van der Waals surface area contributed by atoms with Crippen molar-refractivity contribution in [3.8, 4) is 22.3 Å². The Morgan fingerprint density at radius 3 is 1.20 bits per heavy atom. The summed E-state index contributed by atoms with van der Waals surface area (Å²) in [5.41, 5.74) is 7.75. The molecule has 8 rings (SSSR count). The normalized spacial score (nSPS) is 13.4. The smallest absolute Gasteiger partial charge is 0.182 e. The molecule has 1 spiro atoms. The molecule has 6 aromatic carbocycles. The fourth-order valence-corrected chi connectivity index (χ4v) is 12.5. The van der Waals surface area contributed by atoms with Gasteiger partial charge in [-0.15, -0.1) is 0 Å². The van der Waals surface area contributed by atoms with E-state index in [0.29, 0.717) is 0 Å². The van der Waals surface area contributed by atoms with E-state index in [9.17, 15) is 8.78 Å². The lowest BCUT2D eigenvalue weighted by Crippen LogP contribution is -2.70. The number of rotatable bonds is 3. The SMILES string of the molecule is Fc1ccc(N(c2ccc(F)cc2)c2ccc3c(c2)[Si]2(c4ccccc4-c4ccccc42)c2ccccc2-3)cc1. The van der Waals surface area contributed by atoms with Crippen LogP contribution in [0.5, 0.6) is 0 Å². The Kier molecular flexibility index (Phi) is 4.97. The molecule has 0 amide bonds. The van der Waals surface area contributed by atoms with Gasteiger partial charge >= 0.3 is 0 Å². The minimum absolute atomic E-state index is 0.294. The van der Waals surface area contributed by atoms with Crippen molar-refractivity contribution >= 4 is 45.9 Å². The summed E-state index contributed by atoms with van der Waals surface area (Å²) in [6.45, 7) is 0. The van der Waals surface area contributed by atoms with Crippen LogP contribution in [0.3, 0.4) is 0 Å². The van der Waals surface area contributed by atoms with Crippen molar-refractivity contribution in [3.05, 3.63) is 151 Å². The van der Waals surface area contributed by atoms with Crippen molar-refractivity contribution in [2.45, 2.75) is 0 Å². The predicted molar refractivity (Wildman–Crippen MR) is 163 cm³/mol. The molecule has 0 atom stereocenters. The Labute approximate surface area is 232 Å². The van der Waals surface area contributed by atoms with Gasteiger partial charge in [0.1, 0.15) is 11.6 Å². The van der Waals surface area contributed by atoms with Crippen molar-refractivity contribution < 1.29 is 8.78 Å². The van der Waals surface area contributed by atoms with E-state index < -0.39 is 8.07 Å². The molecular formula is C36H23F2NSi. The van der Waals surface area contributed by atoms with E-state index in [1.54, 1.807) is 24.3 Å². The third-order valence-electron chi connectivity index (χ3n) is 8.41. The fourth-order valence-electron chi connectivity index (χ4n) is 6.85. The van der Waals surface area contributed by atoms with E-state index in [4.69, 9.17) is 0 Å². The number of hydrogen-bond acceptors (Lipinski definition) is 1. The minimum atomic E-state index is -2.60. The van der Waals surface area contributed by atoms with Crippen LogP contribution in [0.1, 0.15) is 0 Å². The van der Waals surface area contributed by atoms with E-state index in [1.807, 2.05) is 0 Å². The van der Waals surface area contributed by atoms with E-state index in [0.717, 1.165) is 17.1 Å². The molecule has 0 saturated heterocycles. The second-order valence-electron chi connectivity index (χ2n) is 10.4. The topological polar surface area (TPSA) is 3.24 Å². The summed E-state index contributed by atoms with van der Waals surface area (Å²) in [7, 11) is -2.60. The van der Waals surface area contributed by atoms with Crippen molar-refractivity contribution in [1.82, 2.24) is 0 Å². The molecule has 0 saturated carbocycles. The van der Waals surface area contributed by atoms with Gasteiger partial charge in [0.25, 0.3) is 0 Å². The summed E-state index contributed by atoms with van der Waals surface area (Å²) < 4.78 is 27.9. The first-order chi connectivity index (χ1) is 19.7. The van der Waals surface area contributed by atoms with Gasteiger partial charge in [0.2, 0.25) is 0 Å². The number of fused-ring (bicyclic) bond motifs is 10. The monoisotopic (exact) mass is 535 g/mol. The molecule has 1 nitrogen and oxygen atoms in total. The van der Waals surface area contributed by atoms with E-state index >= 15 is 0 Å². The maximum atomic E-state index is 14.0. The number of hydrogen-bond donors (Lipinski definition) is 0. The fraction of sp³-hybridized carbons (Fsp3) is 0. The minimum Gasteiger partial charge on any atom is -0.311 e. The lowest BCUT2D eigenvalue weighted by atomic mass is 10.0.